The number of nitrogens with zero attached hydrogens (tertiary/aromatic N) is 3. The topological polar surface area (TPSA) is 68.0 Å². The summed E-state index contributed by atoms with van der Waals surface area (Å²) in [6.07, 6.45) is 0. The maximum Gasteiger partial charge on any atom is 0.375 e. The molecule has 0 aliphatic heterocycles. The van der Waals surface area contributed by atoms with Gasteiger partial charge in [-0.25, -0.2) is 14.5 Å². The Morgan fingerprint density at radius 3 is 2.53 bits per heavy atom. The van der Waals surface area contributed by atoms with Crippen LogP contribution in [0.2, 0.25) is 5.02 Å². The van der Waals surface area contributed by atoms with Gasteiger partial charge < -0.3 is 5.11 Å². The molecule has 1 N–H and O–H groups in total. The molecule has 0 radical (unpaired) electrons. The van der Waals surface area contributed by atoms with E-state index >= 15 is 0 Å². The first kappa shape index (κ1) is 14.4. The molecule has 1 aromatic heterocycles. The number of aromatic nitrogens is 3. The quantitative estimate of drug-likeness (QED) is 0.850. The summed E-state index contributed by atoms with van der Waals surface area (Å²) in [6.45, 7) is 0. The molecule has 1 heterocycles. The van der Waals surface area contributed by atoms with E-state index in [-0.39, 0.29) is 5.82 Å². The van der Waals surface area contributed by atoms with Crippen molar-refractivity contribution in [3.8, 4) is 5.69 Å². The Balaban J connectivity index is 2.64. The highest BCUT2D eigenvalue weighted by atomic mass is 35.6. The average Bonchev–Trinajstić information content (AvgIpc) is 2.73. The molecule has 0 bridgehead atoms. The van der Waals surface area contributed by atoms with Crippen LogP contribution in [0.15, 0.2) is 24.3 Å². The standard InChI is InChI=1S/C10H5Cl4N3O2/c11-5-2-1-3-6(4-5)17-9(10(12,13)14)15-7(16-17)8(18)19/h1-4H,(H,18,19). The Kier molecular flexibility index (Phi) is 3.92. The van der Waals surface area contributed by atoms with Crippen molar-refractivity contribution < 1.29 is 9.90 Å². The molecule has 0 fully saturated rings. The summed E-state index contributed by atoms with van der Waals surface area (Å²) in [5.74, 6) is -1.92. The van der Waals surface area contributed by atoms with Crippen LogP contribution in [0.4, 0.5) is 0 Å². The number of alkyl halides is 3. The van der Waals surface area contributed by atoms with Crippen LogP contribution in [0.3, 0.4) is 0 Å². The number of carboxylic acids is 1. The highest BCUT2D eigenvalue weighted by Gasteiger charge is 2.32. The molecule has 0 aliphatic carbocycles. The van der Waals surface area contributed by atoms with Gasteiger partial charge in [0.05, 0.1) is 5.69 Å². The van der Waals surface area contributed by atoms with Crippen LogP contribution >= 0.6 is 46.4 Å². The van der Waals surface area contributed by atoms with Gasteiger partial charge in [0.2, 0.25) is 3.79 Å². The molecule has 0 unspecified atom stereocenters. The molecule has 9 heteroatoms. The minimum absolute atomic E-state index is 0.128. The van der Waals surface area contributed by atoms with Crippen LogP contribution in [-0.4, -0.2) is 25.8 Å². The number of hydrogen-bond donors (Lipinski definition) is 1. The molecule has 19 heavy (non-hydrogen) atoms. The second kappa shape index (κ2) is 5.17. The van der Waals surface area contributed by atoms with E-state index in [0.717, 1.165) is 4.68 Å². The lowest BCUT2D eigenvalue weighted by atomic mass is 10.3. The normalized spacial score (nSPS) is 11.6. The first-order chi connectivity index (χ1) is 8.79. The highest BCUT2D eigenvalue weighted by molar-refractivity contribution is 6.66. The number of rotatable bonds is 2. The molecular weight excluding hydrogens is 336 g/mol. The van der Waals surface area contributed by atoms with Gasteiger partial charge in [-0.2, -0.15) is 0 Å². The van der Waals surface area contributed by atoms with Gasteiger partial charge in [-0.15, -0.1) is 5.10 Å². The third kappa shape index (κ3) is 3.12. The van der Waals surface area contributed by atoms with Crippen molar-refractivity contribution in [1.82, 2.24) is 14.8 Å². The van der Waals surface area contributed by atoms with Crippen LogP contribution in [0.1, 0.15) is 16.4 Å². The molecule has 0 saturated heterocycles. The van der Waals surface area contributed by atoms with E-state index in [2.05, 4.69) is 10.1 Å². The zero-order chi connectivity index (χ0) is 14.2. The molecule has 0 amide bonds. The molecule has 5 nitrogen and oxygen atoms in total. The van der Waals surface area contributed by atoms with E-state index in [1.54, 1.807) is 24.3 Å². The molecule has 2 aromatic rings. The molecule has 0 spiro atoms. The second-order valence-electron chi connectivity index (χ2n) is 3.45. The lowest BCUT2D eigenvalue weighted by Gasteiger charge is -2.11. The van der Waals surface area contributed by atoms with E-state index in [1.807, 2.05) is 0 Å². The summed E-state index contributed by atoms with van der Waals surface area (Å²) in [4.78, 5) is 14.6. The SMILES string of the molecule is O=C(O)c1nc(C(Cl)(Cl)Cl)n(-c2cccc(Cl)c2)n1. The average molecular weight is 341 g/mol. The predicted octanol–water partition coefficient (Wildman–Crippen LogP) is 3.45. The Labute approximate surface area is 127 Å². The minimum Gasteiger partial charge on any atom is -0.475 e. The van der Waals surface area contributed by atoms with Crippen molar-refractivity contribution in [3.63, 3.8) is 0 Å². The Bertz CT molecular complexity index is 636. The van der Waals surface area contributed by atoms with E-state index < -0.39 is 15.6 Å². The van der Waals surface area contributed by atoms with E-state index in [1.165, 1.54) is 0 Å². The maximum absolute atomic E-state index is 10.9. The van der Waals surface area contributed by atoms with Gasteiger partial charge >= 0.3 is 5.97 Å². The van der Waals surface area contributed by atoms with Gasteiger partial charge in [0.1, 0.15) is 0 Å². The predicted molar refractivity (Wildman–Crippen MR) is 72.6 cm³/mol. The highest BCUT2D eigenvalue weighted by Crippen LogP contribution is 2.38. The fraction of sp³-hybridized carbons (Fsp3) is 0.100. The van der Waals surface area contributed by atoms with Crippen molar-refractivity contribution in [2.24, 2.45) is 0 Å². The fourth-order valence-corrected chi connectivity index (χ4v) is 1.93. The molecule has 1 aromatic carbocycles. The van der Waals surface area contributed by atoms with Crippen LogP contribution in [0, 0.1) is 0 Å². The number of hydrogen-bond acceptors (Lipinski definition) is 3. The summed E-state index contributed by atoms with van der Waals surface area (Å²) in [5.41, 5.74) is 0.439. The lowest BCUT2D eigenvalue weighted by molar-refractivity contribution is 0.0683. The first-order valence-electron chi connectivity index (χ1n) is 4.82. The zero-order valence-corrected chi connectivity index (χ0v) is 12.0. The Hall–Kier alpha value is -1.01. The summed E-state index contributed by atoms with van der Waals surface area (Å²) in [6, 6.07) is 6.48. The summed E-state index contributed by atoms with van der Waals surface area (Å²) in [7, 11) is 0. The number of carbonyl (C=O) groups is 1. The largest absolute Gasteiger partial charge is 0.475 e. The fourth-order valence-electron chi connectivity index (χ4n) is 1.37. The molecular formula is C10H5Cl4N3O2. The first-order valence-corrected chi connectivity index (χ1v) is 6.33. The monoisotopic (exact) mass is 339 g/mol. The van der Waals surface area contributed by atoms with Gasteiger partial charge in [0.25, 0.3) is 5.82 Å². The molecule has 0 atom stereocenters. The smallest absolute Gasteiger partial charge is 0.375 e. The number of benzene rings is 1. The van der Waals surface area contributed by atoms with Gasteiger partial charge in [-0.1, -0.05) is 52.5 Å². The van der Waals surface area contributed by atoms with E-state index in [9.17, 15) is 4.79 Å². The zero-order valence-electron chi connectivity index (χ0n) is 9.02. The minimum atomic E-state index is -1.91. The van der Waals surface area contributed by atoms with E-state index in [0.29, 0.717) is 10.7 Å². The molecule has 0 aliphatic rings. The lowest BCUT2D eigenvalue weighted by Crippen LogP contribution is -2.11. The summed E-state index contributed by atoms with van der Waals surface area (Å²) >= 11 is 23.1. The Morgan fingerprint density at radius 2 is 2.00 bits per heavy atom. The summed E-state index contributed by atoms with van der Waals surface area (Å²) in [5, 5.41) is 13.1. The van der Waals surface area contributed by atoms with Gasteiger partial charge in [0.15, 0.2) is 5.82 Å². The number of carboxylic acid groups (broad SMARTS) is 1. The molecule has 2 rings (SSSR count). The third-order valence-corrected chi connectivity index (χ3v) is 2.85. The number of aromatic carboxylic acids is 1. The molecule has 100 valence electrons. The van der Waals surface area contributed by atoms with Gasteiger partial charge in [-0.3, -0.25) is 0 Å². The third-order valence-electron chi connectivity index (χ3n) is 2.10. The van der Waals surface area contributed by atoms with Crippen molar-refractivity contribution in [2.45, 2.75) is 3.79 Å². The van der Waals surface area contributed by atoms with Gasteiger partial charge in [-0.05, 0) is 18.2 Å². The van der Waals surface area contributed by atoms with Crippen LogP contribution in [0.5, 0.6) is 0 Å². The van der Waals surface area contributed by atoms with Crippen molar-refractivity contribution in [3.05, 3.63) is 40.9 Å². The van der Waals surface area contributed by atoms with Crippen molar-refractivity contribution in [1.29, 1.82) is 0 Å². The number of halogens is 4. The van der Waals surface area contributed by atoms with Crippen LogP contribution in [0.25, 0.3) is 5.69 Å². The van der Waals surface area contributed by atoms with Crippen molar-refractivity contribution in [2.75, 3.05) is 0 Å². The van der Waals surface area contributed by atoms with E-state index in [4.69, 9.17) is 51.5 Å². The second-order valence-corrected chi connectivity index (χ2v) is 6.17. The van der Waals surface area contributed by atoms with Crippen molar-refractivity contribution >= 4 is 52.4 Å². The van der Waals surface area contributed by atoms with Crippen LogP contribution in [-0.2, 0) is 3.79 Å². The van der Waals surface area contributed by atoms with Crippen LogP contribution < -0.4 is 0 Å². The Morgan fingerprint density at radius 1 is 1.32 bits per heavy atom. The van der Waals surface area contributed by atoms with Gasteiger partial charge in [0, 0.05) is 5.02 Å². The molecule has 0 saturated carbocycles. The maximum atomic E-state index is 10.9. The summed E-state index contributed by atoms with van der Waals surface area (Å²) < 4.78 is -0.786.